The second-order valence-corrected chi connectivity index (χ2v) is 8.53. The highest BCUT2D eigenvalue weighted by atomic mass is 19.4. The highest BCUT2D eigenvalue weighted by Gasteiger charge is 2.48. The fourth-order valence-electron chi connectivity index (χ4n) is 2.79. The Balaban J connectivity index is 2.16. The summed E-state index contributed by atoms with van der Waals surface area (Å²) in [7, 11) is 0. The van der Waals surface area contributed by atoms with Gasteiger partial charge in [-0.15, -0.1) is 0 Å². The largest absolute Gasteiger partial charge is 0.443 e. The summed E-state index contributed by atoms with van der Waals surface area (Å²) in [6.45, 7) is 10.9. The van der Waals surface area contributed by atoms with Crippen LogP contribution in [-0.2, 0) is 4.74 Å². The average Bonchev–Trinajstić information content (AvgIpc) is 2.68. The van der Waals surface area contributed by atoms with Gasteiger partial charge in [0, 0.05) is 11.7 Å². The van der Waals surface area contributed by atoms with Crippen molar-refractivity contribution in [1.29, 1.82) is 0 Å². The van der Waals surface area contributed by atoms with Crippen LogP contribution in [0.15, 0.2) is 12.4 Å². The van der Waals surface area contributed by atoms with Crippen LogP contribution in [0.3, 0.4) is 0 Å². The van der Waals surface area contributed by atoms with Crippen LogP contribution >= 0.6 is 0 Å². The number of hydrogen-bond donors (Lipinski definition) is 0. The van der Waals surface area contributed by atoms with Crippen molar-refractivity contribution in [2.75, 3.05) is 4.90 Å². The van der Waals surface area contributed by atoms with Crippen molar-refractivity contribution < 1.29 is 22.7 Å². The van der Waals surface area contributed by atoms with Gasteiger partial charge in [-0.3, -0.25) is 9.58 Å². The molecule has 5 nitrogen and oxygen atoms in total. The molecule has 25 heavy (non-hydrogen) atoms. The molecule has 0 radical (unpaired) electrons. The van der Waals surface area contributed by atoms with Crippen molar-refractivity contribution >= 4 is 11.8 Å². The molecular formula is C17H26F3N3O2. The van der Waals surface area contributed by atoms with Gasteiger partial charge in [-0.05, 0) is 54.4 Å². The summed E-state index contributed by atoms with van der Waals surface area (Å²) in [6.07, 6.45) is -1.51. The van der Waals surface area contributed by atoms with Crippen LogP contribution in [0.1, 0.15) is 60.4 Å². The highest BCUT2D eigenvalue weighted by Crippen LogP contribution is 2.47. The normalized spacial score (nSPS) is 21.6. The third kappa shape index (κ3) is 4.67. The molecule has 1 heterocycles. The molecule has 0 unspecified atom stereocenters. The van der Waals surface area contributed by atoms with E-state index in [1.165, 1.54) is 15.8 Å². The Morgan fingerprint density at radius 3 is 2.20 bits per heavy atom. The second kappa shape index (κ2) is 6.21. The molecule has 1 aromatic rings. The summed E-state index contributed by atoms with van der Waals surface area (Å²) >= 11 is 0. The first-order valence-electron chi connectivity index (χ1n) is 8.32. The Labute approximate surface area is 146 Å². The number of carbonyl (C=O) groups excluding carboxylic acids is 1. The Morgan fingerprint density at radius 2 is 1.76 bits per heavy atom. The van der Waals surface area contributed by atoms with E-state index in [1.54, 1.807) is 27.0 Å². The first-order chi connectivity index (χ1) is 11.2. The minimum atomic E-state index is -4.15. The van der Waals surface area contributed by atoms with E-state index in [-0.39, 0.29) is 18.9 Å². The fourth-order valence-corrected chi connectivity index (χ4v) is 2.79. The molecule has 2 rings (SSSR count). The van der Waals surface area contributed by atoms with Gasteiger partial charge in [0.15, 0.2) is 0 Å². The second-order valence-electron chi connectivity index (χ2n) is 8.53. The standard InChI is InChI=1S/C17H26F3N3O2/c1-15(2,3)23(14(24)25-16(4,5)6)13-9-21-22(10-13)12-7-11(8-12)17(18,19)20/h9-12H,7-8H2,1-6H3. The lowest BCUT2D eigenvalue weighted by atomic mass is 9.80. The Hall–Kier alpha value is -1.73. The van der Waals surface area contributed by atoms with Crippen LogP contribution in [0.4, 0.5) is 23.7 Å². The first kappa shape index (κ1) is 19.6. The number of nitrogens with zero attached hydrogens (tertiary/aromatic N) is 3. The van der Waals surface area contributed by atoms with Crippen molar-refractivity contribution in [3.63, 3.8) is 0 Å². The molecule has 142 valence electrons. The topological polar surface area (TPSA) is 47.4 Å². The molecule has 0 spiro atoms. The van der Waals surface area contributed by atoms with E-state index in [4.69, 9.17) is 4.74 Å². The fraction of sp³-hybridized carbons (Fsp3) is 0.765. The highest BCUT2D eigenvalue weighted by molar-refractivity contribution is 5.89. The van der Waals surface area contributed by atoms with Gasteiger partial charge in [0.2, 0.25) is 0 Å². The van der Waals surface area contributed by atoms with E-state index in [9.17, 15) is 18.0 Å². The van der Waals surface area contributed by atoms with E-state index < -0.39 is 29.3 Å². The predicted octanol–water partition coefficient (Wildman–Crippen LogP) is 4.94. The van der Waals surface area contributed by atoms with Crippen LogP contribution in [0.5, 0.6) is 0 Å². The van der Waals surface area contributed by atoms with Crippen LogP contribution < -0.4 is 4.90 Å². The number of ether oxygens (including phenoxy) is 1. The Bertz CT molecular complexity index is 620. The first-order valence-corrected chi connectivity index (χ1v) is 8.32. The van der Waals surface area contributed by atoms with E-state index in [0.29, 0.717) is 5.69 Å². The monoisotopic (exact) mass is 361 g/mol. The summed E-state index contributed by atoms with van der Waals surface area (Å²) in [5, 5.41) is 4.17. The summed E-state index contributed by atoms with van der Waals surface area (Å²) < 4.78 is 44.9. The predicted molar refractivity (Wildman–Crippen MR) is 88.5 cm³/mol. The lowest BCUT2D eigenvalue weighted by molar-refractivity contribution is -0.203. The average molecular weight is 361 g/mol. The number of amides is 1. The van der Waals surface area contributed by atoms with Gasteiger partial charge in [-0.25, -0.2) is 4.79 Å². The lowest BCUT2D eigenvalue weighted by Crippen LogP contribution is -2.48. The summed E-state index contributed by atoms with van der Waals surface area (Å²) in [5.41, 5.74) is -0.702. The molecule has 1 aliphatic rings. The molecule has 1 saturated carbocycles. The molecular weight excluding hydrogens is 335 g/mol. The van der Waals surface area contributed by atoms with Gasteiger partial charge in [0.05, 0.1) is 23.8 Å². The summed E-state index contributed by atoms with van der Waals surface area (Å²) in [4.78, 5) is 14.0. The molecule has 8 heteroatoms. The minimum Gasteiger partial charge on any atom is -0.443 e. The van der Waals surface area contributed by atoms with E-state index >= 15 is 0 Å². The third-order valence-electron chi connectivity index (χ3n) is 4.04. The zero-order chi connectivity index (χ0) is 19.2. The van der Waals surface area contributed by atoms with Gasteiger partial charge in [0.1, 0.15) is 5.60 Å². The van der Waals surface area contributed by atoms with E-state index in [1.807, 2.05) is 20.8 Å². The number of carbonyl (C=O) groups is 1. The van der Waals surface area contributed by atoms with E-state index in [2.05, 4.69) is 5.10 Å². The molecule has 0 bridgehead atoms. The molecule has 0 aliphatic heterocycles. The molecule has 0 atom stereocenters. The van der Waals surface area contributed by atoms with Crippen LogP contribution in [0, 0.1) is 5.92 Å². The van der Waals surface area contributed by atoms with Gasteiger partial charge < -0.3 is 4.74 Å². The minimum absolute atomic E-state index is 0.0204. The maximum Gasteiger partial charge on any atom is 0.415 e. The lowest BCUT2D eigenvalue weighted by Gasteiger charge is -2.37. The van der Waals surface area contributed by atoms with Crippen molar-refractivity contribution in [2.24, 2.45) is 5.92 Å². The van der Waals surface area contributed by atoms with Gasteiger partial charge in [-0.2, -0.15) is 18.3 Å². The van der Waals surface area contributed by atoms with Crippen molar-refractivity contribution in [3.8, 4) is 0 Å². The third-order valence-corrected chi connectivity index (χ3v) is 4.04. The number of anilines is 1. The molecule has 0 aromatic carbocycles. The smallest absolute Gasteiger partial charge is 0.415 e. The molecule has 1 amide bonds. The van der Waals surface area contributed by atoms with Crippen molar-refractivity contribution in [2.45, 2.75) is 77.7 Å². The van der Waals surface area contributed by atoms with Crippen LogP contribution in [0.2, 0.25) is 0 Å². The number of rotatable bonds is 2. The summed E-state index contributed by atoms with van der Waals surface area (Å²) in [6, 6.07) is -0.291. The summed E-state index contributed by atoms with van der Waals surface area (Å²) in [5.74, 6) is -1.27. The number of hydrogen-bond acceptors (Lipinski definition) is 3. The zero-order valence-corrected chi connectivity index (χ0v) is 15.5. The quantitative estimate of drug-likeness (QED) is 0.750. The maximum absolute atomic E-state index is 12.6. The molecule has 1 aromatic heterocycles. The Morgan fingerprint density at radius 1 is 1.20 bits per heavy atom. The molecule has 1 aliphatic carbocycles. The van der Waals surface area contributed by atoms with Crippen LogP contribution in [-0.4, -0.2) is 33.2 Å². The molecule has 0 saturated heterocycles. The van der Waals surface area contributed by atoms with Gasteiger partial charge in [0.25, 0.3) is 0 Å². The van der Waals surface area contributed by atoms with Gasteiger partial charge >= 0.3 is 12.3 Å². The molecule has 1 fully saturated rings. The Kier molecular flexibility index (Phi) is 4.87. The number of alkyl halides is 3. The number of aromatic nitrogens is 2. The van der Waals surface area contributed by atoms with Gasteiger partial charge in [-0.1, -0.05) is 0 Å². The maximum atomic E-state index is 12.6. The van der Waals surface area contributed by atoms with Crippen molar-refractivity contribution in [1.82, 2.24) is 9.78 Å². The number of halogens is 3. The van der Waals surface area contributed by atoms with E-state index in [0.717, 1.165) is 0 Å². The molecule has 0 N–H and O–H groups in total. The SMILES string of the molecule is CC(C)(C)OC(=O)N(c1cnn(C2CC(C(F)(F)F)C2)c1)C(C)(C)C. The van der Waals surface area contributed by atoms with Crippen molar-refractivity contribution in [3.05, 3.63) is 12.4 Å². The van der Waals surface area contributed by atoms with Crippen LogP contribution in [0.25, 0.3) is 0 Å². The zero-order valence-electron chi connectivity index (χ0n) is 15.5.